The van der Waals surface area contributed by atoms with Crippen molar-refractivity contribution in [2.75, 3.05) is 11.1 Å². The number of aromatic nitrogens is 5. The van der Waals surface area contributed by atoms with Gasteiger partial charge in [0.2, 0.25) is 11.8 Å². The van der Waals surface area contributed by atoms with Crippen LogP contribution in [0.15, 0.2) is 65.8 Å². The van der Waals surface area contributed by atoms with Gasteiger partial charge in [0.1, 0.15) is 40.8 Å². The van der Waals surface area contributed by atoms with Crippen LogP contribution in [0.5, 0.6) is 0 Å². The van der Waals surface area contributed by atoms with E-state index in [0.717, 1.165) is 34.0 Å². The summed E-state index contributed by atoms with van der Waals surface area (Å²) in [5.74, 6) is 0.798. The monoisotopic (exact) mass is 596 g/mol. The van der Waals surface area contributed by atoms with Crippen molar-refractivity contribution in [2.45, 2.75) is 38.4 Å². The first kappa shape index (κ1) is 24.6. The van der Waals surface area contributed by atoms with Crippen LogP contribution in [0.4, 0.5) is 11.6 Å². The van der Waals surface area contributed by atoms with Crippen LogP contribution in [0.1, 0.15) is 18.4 Å². The molecule has 40 heavy (non-hydrogen) atoms. The molecule has 0 spiro atoms. The molecule has 1 saturated heterocycles. The number of likely N-dealkylation sites (tertiary alicyclic amines) is 1. The lowest BCUT2D eigenvalue weighted by Gasteiger charge is -2.27. The number of nitrogens with one attached hydrogen (secondary N) is 1. The number of benzene rings is 1. The molecule has 2 amide bonds. The number of rotatable bonds is 5. The number of amides is 2. The fourth-order valence-electron chi connectivity index (χ4n) is 6.11. The number of aryl methyl sites for hydroxylation is 1. The largest absolute Gasteiger partial charge is 0.383 e. The summed E-state index contributed by atoms with van der Waals surface area (Å²) in [5.41, 5.74) is 10.9. The first-order valence-electron chi connectivity index (χ1n) is 13.1. The van der Waals surface area contributed by atoms with Crippen LogP contribution in [0.2, 0.25) is 0 Å². The van der Waals surface area contributed by atoms with Crippen molar-refractivity contribution in [2.24, 2.45) is 5.92 Å². The Hall–Kier alpha value is -4.38. The number of anilines is 2. The molecule has 5 aromatic rings. The number of halogens is 1. The highest BCUT2D eigenvalue weighted by atomic mass is 79.9. The van der Waals surface area contributed by atoms with E-state index in [9.17, 15) is 9.59 Å². The molecule has 0 radical (unpaired) electrons. The third-order valence-electron chi connectivity index (χ3n) is 7.92. The second kappa shape index (κ2) is 9.37. The van der Waals surface area contributed by atoms with Gasteiger partial charge < -0.3 is 20.5 Å². The highest BCUT2D eigenvalue weighted by Gasteiger charge is 2.56. The molecule has 2 aliphatic rings. The number of hydrogen-bond donors (Lipinski definition) is 2. The molecule has 0 bridgehead atoms. The average molecular weight is 597 g/mol. The molecule has 1 saturated carbocycles. The fourth-order valence-corrected chi connectivity index (χ4v) is 6.45. The Morgan fingerprint density at radius 1 is 1.10 bits per heavy atom. The van der Waals surface area contributed by atoms with Gasteiger partial charge in [-0.15, -0.1) is 0 Å². The molecular weight excluding hydrogens is 572 g/mol. The number of carbonyl (C=O) groups excluding carboxylic acids is 2. The van der Waals surface area contributed by atoms with Crippen LogP contribution >= 0.6 is 15.9 Å². The number of fused-ring (bicyclic) bond motifs is 4. The molecule has 3 atom stereocenters. The van der Waals surface area contributed by atoms with E-state index < -0.39 is 6.04 Å². The summed E-state index contributed by atoms with van der Waals surface area (Å²) in [6.45, 7) is 2.05. The number of nitrogens with zero attached hydrogens (tertiary/aromatic N) is 6. The Labute approximate surface area is 237 Å². The molecule has 2 fully saturated rings. The van der Waals surface area contributed by atoms with Gasteiger partial charge >= 0.3 is 0 Å². The smallest absolute Gasteiger partial charge is 0.248 e. The number of nitrogen functional groups attached to an aromatic ring is 1. The van der Waals surface area contributed by atoms with Crippen molar-refractivity contribution in [1.82, 2.24) is 29.4 Å². The Morgan fingerprint density at radius 3 is 2.73 bits per heavy atom. The standard InChI is InChI=1S/C29H25BrN8O2/c1-15-9-17(16-5-7-32-8-6-16)10-19-25-27(31)33-14-34-28(25)37(26(15)19)13-24(39)38-20-11-18(20)12-21(38)29(40)36-23-4-2-3-22(30)35-23/h2-10,14,18,20-21H,11-13H2,1H3,(H2,31,33,34)(H,35,36,40)/t18?,20-,21+/m1/s1. The molecule has 200 valence electrons. The summed E-state index contributed by atoms with van der Waals surface area (Å²) in [4.78, 5) is 46.3. The molecular formula is C29H25BrN8O2. The fraction of sp³-hybridized carbons (Fsp3) is 0.241. The van der Waals surface area contributed by atoms with Crippen molar-refractivity contribution >= 4 is 61.3 Å². The summed E-state index contributed by atoms with van der Waals surface area (Å²) < 4.78 is 2.54. The van der Waals surface area contributed by atoms with E-state index in [2.05, 4.69) is 53.3 Å². The summed E-state index contributed by atoms with van der Waals surface area (Å²) in [7, 11) is 0. The van der Waals surface area contributed by atoms with Gasteiger partial charge in [-0.3, -0.25) is 14.6 Å². The highest BCUT2D eigenvalue weighted by Crippen LogP contribution is 2.48. The maximum atomic E-state index is 14.0. The van der Waals surface area contributed by atoms with Crippen LogP contribution in [-0.2, 0) is 16.1 Å². The van der Waals surface area contributed by atoms with Crippen LogP contribution in [0.3, 0.4) is 0 Å². The van der Waals surface area contributed by atoms with Crippen LogP contribution < -0.4 is 11.1 Å². The summed E-state index contributed by atoms with van der Waals surface area (Å²) in [6, 6.07) is 12.9. The maximum absolute atomic E-state index is 14.0. The molecule has 1 aliphatic carbocycles. The molecule has 1 aliphatic heterocycles. The molecule has 3 N–H and O–H groups in total. The number of piperidine rings is 1. The molecule has 1 aromatic carbocycles. The lowest BCUT2D eigenvalue weighted by molar-refractivity contribution is -0.138. The topological polar surface area (TPSA) is 132 Å². The molecule has 4 aromatic heterocycles. The minimum atomic E-state index is -0.552. The Morgan fingerprint density at radius 2 is 1.93 bits per heavy atom. The average Bonchev–Trinajstić information content (AvgIpc) is 3.48. The van der Waals surface area contributed by atoms with Crippen LogP contribution in [0, 0.1) is 12.8 Å². The predicted octanol–water partition coefficient (Wildman–Crippen LogP) is 4.32. The summed E-state index contributed by atoms with van der Waals surface area (Å²) in [6.07, 6.45) is 6.50. The van der Waals surface area contributed by atoms with Crippen LogP contribution in [-0.4, -0.2) is 53.3 Å². The Kier molecular flexibility index (Phi) is 5.77. The van der Waals surface area contributed by atoms with E-state index in [4.69, 9.17) is 5.73 Å². The van der Waals surface area contributed by atoms with Gasteiger partial charge in [-0.25, -0.2) is 15.0 Å². The maximum Gasteiger partial charge on any atom is 0.248 e. The van der Waals surface area contributed by atoms with Gasteiger partial charge in [-0.2, -0.15) is 0 Å². The van der Waals surface area contributed by atoms with Gasteiger partial charge in [0.05, 0.1) is 10.9 Å². The van der Waals surface area contributed by atoms with Crippen molar-refractivity contribution in [3.63, 3.8) is 0 Å². The van der Waals surface area contributed by atoms with Crippen molar-refractivity contribution in [3.8, 4) is 11.1 Å². The SMILES string of the molecule is Cc1cc(-c2ccncc2)cc2c3c(N)ncnc3n(CC(=O)N3[C@@H]4CC4C[C@H]3C(=O)Nc3cccc(Br)n3)c12. The van der Waals surface area contributed by atoms with Gasteiger partial charge in [0, 0.05) is 23.8 Å². The minimum Gasteiger partial charge on any atom is -0.383 e. The van der Waals surface area contributed by atoms with Crippen molar-refractivity contribution < 1.29 is 9.59 Å². The molecule has 10 nitrogen and oxygen atoms in total. The van der Waals surface area contributed by atoms with Gasteiger partial charge in [0.25, 0.3) is 0 Å². The van der Waals surface area contributed by atoms with Crippen molar-refractivity contribution in [1.29, 1.82) is 0 Å². The van der Waals surface area contributed by atoms with E-state index in [0.29, 0.717) is 39.6 Å². The van der Waals surface area contributed by atoms with Crippen LogP contribution in [0.25, 0.3) is 33.1 Å². The van der Waals surface area contributed by atoms with Gasteiger partial charge in [-0.05, 0) is 94.7 Å². The highest BCUT2D eigenvalue weighted by molar-refractivity contribution is 9.10. The number of nitrogens with two attached hydrogens (primary N) is 1. The third kappa shape index (κ3) is 4.08. The first-order valence-corrected chi connectivity index (χ1v) is 13.9. The van der Waals surface area contributed by atoms with E-state index in [1.807, 2.05) is 23.6 Å². The van der Waals surface area contributed by atoms with E-state index in [-0.39, 0.29) is 24.4 Å². The number of hydrogen-bond acceptors (Lipinski definition) is 7. The summed E-state index contributed by atoms with van der Waals surface area (Å²) in [5, 5.41) is 4.48. The molecule has 7 rings (SSSR count). The van der Waals surface area contributed by atoms with Crippen molar-refractivity contribution in [3.05, 3.63) is 71.4 Å². The molecule has 5 heterocycles. The third-order valence-corrected chi connectivity index (χ3v) is 8.36. The quantitative estimate of drug-likeness (QED) is 0.289. The van der Waals surface area contributed by atoms with E-state index in [1.165, 1.54) is 6.33 Å². The van der Waals surface area contributed by atoms with E-state index in [1.54, 1.807) is 35.5 Å². The second-order valence-corrected chi connectivity index (χ2v) is 11.2. The second-order valence-electron chi connectivity index (χ2n) is 10.4. The lowest BCUT2D eigenvalue weighted by atomic mass is 10.0. The number of pyridine rings is 2. The minimum absolute atomic E-state index is 0.0357. The summed E-state index contributed by atoms with van der Waals surface area (Å²) >= 11 is 3.34. The Bertz CT molecular complexity index is 1820. The van der Waals surface area contributed by atoms with Gasteiger partial charge in [0.15, 0.2) is 0 Å². The molecule has 1 unspecified atom stereocenters. The normalized spacial score (nSPS) is 19.6. The predicted molar refractivity (Wildman–Crippen MR) is 155 cm³/mol. The lowest BCUT2D eigenvalue weighted by Crippen LogP contribution is -2.46. The zero-order chi connectivity index (χ0) is 27.5. The zero-order valence-electron chi connectivity index (χ0n) is 21.6. The Balaban J connectivity index is 1.26. The first-order chi connectivity index (χ1) is 19.4. The number of carbonyl (C=O) groups is 2. The van der Waals surface area contributed by atoms with E-state index >= 15 is 0 Å². The molecule has 11 heteroatoms. The van der Waals surface area contributed by atoms with Gasteiger partial charge in [-0.1, -0.05) is 6.07 Å². The zero-order valence-corrected chi connectivity index (χ0v) is 23.2.